The highest BCUT2D eigenvalue weighted by atomic mass is 32.2. The van der Waals surface area contributed by atoms with Gasteiger partial charge in [0.05, 0.1) is 31.6 Å². The molecule has 0 saturated heterocycles. The molecule has 2 aromatic carbocycles. The van der Waals surface area contributed by atoms with E-state index in [1.807, 2.05) is 0 Å². The number of rotatable bonds is 3. The summed E-state index contributed by atoms with van der Waals surface area (Å²) >= 11 is 0. The highest BCUT2D eigenvalue weighted by molar-refractivity contribution is 7.85. The van der Waals surface area contributed by atoms with Gasteiger partial charge in [-0.05, 0) is 30.7 Å². The number of esters is 1. The first kappa shape index (κ1) is 19.8. The lowest BCUT2D eigenvalue weighted by Crippen LogP contribution is -3.02. The van der Waals surface area contributed by atoms with Gasteiger partial charge in [0.15, 0.2) is 5.75 Å². The fourth-order valence-electron chi connectivity index (χ4n) is 1.68. The molecule has 1 N–H and O–H groups in total. The predicted molar refractivity (Wildman–Crippen MR) is 89.3 cm³/mol. The number of aryl methyl sites for hydroxylation is 1. The minimum absolute atomic E-state index is 0.226. The van der Waals surface area contributed by atoms with Crippen molar-refractivity contribution in [1.82, 2.24) is 0 Å². The smallest absolute Gasteiger partial charge is 0.343 e. The third-order valence-electron chi connectivity index (χ3n) is 2.65. The van der Waals surface area contributed by atoms with Crippen LogP contribution in [0.5, 0.6) is 5.75 Å². The SMILES string of the molecule is C[NH+](C)C.Cc1cccc(S(=O)(=O)[O-])c1OC(=O)c1ccccc1. The van der Waals surface area contributed by atoms with Crippen molar-refractivity contribution in [2.45, 2.75) is 11.8 Å². The first-order valence-corrected chi connectivity index (χ1v) is 8.63. The Morgan fingerprint density at radius 3 is 2.04 bits per heavy atom. The molecule has 6 nitrogen and oxygen atoms in total. The van der Waals surface area contributed by atoms with E-state index in [1.54, 1.807) is 31.2 Å². The Kier molecular flexibility index (Phi) is 7.09. The first-order valence-electron chi connectivity index (χ1n) is 7.22. The summed E-state index contributed by atoms with van der Waals surface area (Å²) in [5.41, 5.74) is 0.663. The molecule has 0 saturated carbocycles. The van der Waals surface area contributed by atoms with Crippen molar-refractivity contribution in [2.24, 2.45) is 0 Å². The van der Waals surface area contributed by atoms with E-state index in [0.29, 0.717) is 5.56 Å². The molecule has 0 fully saturated rings. The molecule has 2 aromatic rings. The van der Waals surface area contributed by atoms with Crippen LogP contribution in [0.4, 0.5) is 0 Å². The molecule has 130 valence electrons. The van der Waals surface area contributed by atoms with Gasteiger partial charge in [-0.3, -0.25) is 0 Å². The number of nitrogens with one attached hydrogen (secondary N) is 1. The van der Waals surface area contributed by atoms with E-state index in [0.717, 1.165) is 6.07 Å². The normalized spacial score (nSPS) is 10.8. The summed E-state index contributed by atoms with van der Waals surface area (Å²) in [5.74, 6) is -0.943. The number of hydrogen-bond donors (Lipinski definition) is 1. The second kappa shape index (κ2) is 8.58. The summed E-state index contributed by atoms with van der Waals surface area (Å²) in [6.45, 7) is 1.56. The third-order valence-corrected chi connectivity index (χ3v) is 3.51. The van der Waals surface area contributed by atoms with Crippen LogP contribution in [-0.2, 0) is 10.1 Å². The molecule has 7 heteroatoms. The summed E-state index contributed by atoms with van der Waals surface area (Å²) in [6, 6.07) is 12.2. The van der Waals surface area contributed by atoms with Crippen LogP contribution in [0.15, 0.2) is 53.4 Å². The topological polar surface area (TPSA) is 87.9 Å². The number of hydrogen-bond acceptors (Lipinski definition) is 5. The number of ether oxygens (including phenoxy) is 1. The molecule has 24 heavy (non-hydrogen) atoms. The maximum Gasteiger partial charge on any atom is 0.343 e. The molecule has 0 amide bonds. The average Bonchev–Trinajstić information content (AvgIpc) is 2.48. The fourth-order valence-corrected chi connectivity index (χ4v) is 2.35. The Labute approximate surface area is 142 Å². The second-order valence-corrected chi connectivity index (χ2v) is 6.96. The van der Waals surface area contributed by atoms with Gasteiger partial charge in [-0.1, -0.05) is 30.3 Å². The van der Waals surface area contributed by atoms with Gasteiger partial charge < -0.3 is 14.2 Å². The third kappa shape index (κ3) is 6.11. The second-order valence-electron chi connectivity index (χ2n) is 5.61. The number of quaternary nitrogens is 1. The van der Waals surface area contributed by atoms with Crippen molar-refractivity contribution >= 4 is 16.1 Å². The zero-order chi connectivity index (χ0) is 18.3. The van der Waals surface area contributed by atoms with E-state index >= 15 is 0 Å². The summed E-state index contributed by atoms with van der Waals surface area (Å²) in [6.07, 6.45) is 0. The van der Waals surface area contributed by atoms with Gasteiger partial charge in [-0.25, -0.2) is 13.2 Å². The summed E-state index contributed by atoms with van der Waals surface area (Å²) < 4.78 is 38.6. The van der Waals surface area contributed by atoms with E-state index in [-0.39, 0.29) is 11.3 Å². The molecule has 0 unspecified atom stereocenters. The summed E-state index contributed by atoms with van der Waals surface area (Å²) in [7, 11) is 1.54. The zero-order valence-corrected chi connectivity index (χ0v) is 14.9. The van der Waals surface area contributed by atoms with Crippen LogP contribution in [0, 0.1) is 6.92 Å². The van der Waals surface area contributed by atoms with Crippen molar-refractivity contribution in [2.75, 3.05) is 21.1 Å². The van der Waals surface area contributed by atoms with E-state index in [9.17, 15) is 17.8 Å². The fraction of sp³-hybridized carbons (Fsp3) is 0.235. The van der Waals surface area contributed by atoms with Crippen LogP contribution in [0.25, 0.3) is 0 Å². The monoisotopic (exact) mass is 351 g/mol. The zero-order valence-electron chi connectivity index (χ0n) is 14.1. The lowest BCUT2D eigenvalue weighted by molar-refractivity contribution is -0.836. The molecule has 0 heterocycles. The van der Waals surface area contributed by atoms with Crippen LogP contribution >= 0.6 is 0 Å². The quantitative estimate of drug-likeness (QED) is 0.504. The Bertz CT molecular complexity index is 783. The van der Waals surface area contributed by atoms with E-state index in [1.165, 1.54) is 23.1 Å². The van der Waals surface area contributed by atoms with Crippen molar-refractivity contribution in [3.05, 3.63) is 59.7 Å². The van der Waals surface area contributed by atoms with Crippen molar-refractivity contribution in [3.8, 4) is 5.75 Å². The number of para-hydroxylation sites is 1. The maximum absolute atomic E-state index is 11.9. The lowest BCUT2D eigenvalue weighted by Gasteiger charge is -2.14. The van der Waals surface area contributed by atoms with Crippen LogP contribution in [-0.4, -0.2) is 40.1 Å². The minimum atomic E-state index is -4.71. The highest BCUT2D eigenvalue weighted by Gasteiger charge is 2.17. The Hall–Kier alpha value is -2.22. The van der Waals surface area contributed by atoms with Crippen LogP contribution in [0.1, 0.15) is 15.9 Å². The molecule has 0 radical (unpaired) electrons. The van der Waals surface area contributed by atoms with E-state index in [4.69, 9.17) is 4.74 Å². The maximum atomic E-state index is 11.9. The summed E-state index contributed by atoms with van der Waals surface area (Å²) in [4.78, 5) is 12.8. The van der Waals surface area contributed by atoms with Gasteiger partial charge in [0.1, 0.15) is 10.1 Å². The van der Waals surface area contributed by atoms with Gasteiger partial charge >= 0.3 is 5.97 Å². The molecule has 2 rings (SSSR count). The lowest BCUT2D eigenvalue weighted by atomic mass is 10.2. The Morgan fingerprint density at radius 1 is 1.00 bits per heavy atom. The van der Waals surface area contributed by atoms with Gasteiger partial charge in [0.25, 0.3) is 0 Å². The Morgan fingerprint density at radius 2 is 1.54 bits per heavy atom. The molecule has 0 aliphatic carbocycles. The highest BCUT2D eigenvalue weighted by Crippen LogP contribution is 2.28. The molecule has 0 bridgehead atoms. The van der Waals surface area contributed by atoms with E-state index in [2.05, 4.69) is 21.1 Å². The largest absolute Gasteiger partial charge is 0.744 e. The van der Waals surface area contributed by atoms with Crippen LogP contribution in [0.2, 0.25) is 0 Å². The first-order chi connectivity index (χ1) is 11.1. The molecule has 0 atom stereocenters. The van der Waals surface area contributed by atoms with Crippen molar-refractivity contribution in [3.63, 3.8) is 0 Å². The molecule has 0 aliphatic heterocycles. The van der Waals surface area contributed by atoms with Gasteiger partial charge in [-0.2, -0.15) is 0 Å². The average molecular weight is 351 g/mol. The standard InChI is InChI=1S/C14H12O5S.C3H9N/c1-10-6-5-9-12(20(16,17)18)13(10)19-14(15)11-7-3-2-4-8-11;1-4(2)3/h2-9H,1H3,(H,16,17,18);1-3H3. The number of benzene rings is 2. The molecular formula is C17H21NO5S. The molecule has 0 aliphatic rings. The van der Waals surface area contributed by atoms with E-state index < -0.39 is 21.0 Å². The number of carbonyl (C=O) groups is 1. The van der Waals surface area contributed by atoms with Gasteiger partial charge in [0, 0.05) is 0 Å². The predicted octanol–water partition coefficient (Wildman–Crippen LogP) is 0.879. The van der Waals surface area contributed by atoms with Gasteiger partial charge in [0.2, 0.25) is 0 Å². The molecular weight excluding hydrogens is 330 g/mol. The minimum Gasteiger partial charge on any atom is -0.744 e. The van der Waals surface area contributed by atoms with Crippen molar-refractivity contribution in [1.29, 1.82) is 0 Å². The van der Waals surface area contributed by atoms with Crippen molar-refractivity contribution < 1.29 is 27.4 Å². The molecule has 0 spiro atoms. The summed E-state index contributed by atoms with van der Waals surface area (Å²) in [5, 5.41) is 0. The number of carbonyl (C=O) groups excluding carboxylic acids is 1. The van der Waals surface area contributed by atoms with Gasteiger partial charge in [-0.15, -0.1) is 0 Å². The molecule has 0 aromatic heterocycles. The van der Waals surface area contributed by atoms with Crippen LogP contribution in [0.3, 0.4) is 0 Å². The Balaban J connectivity index is 0.000000648. The van der Waals surface area contributed by atoms with Crippen LogP contribution < -0.4 is 9.64 Å².